The van der Waals surface area contributed by atoms with Crippen molar-refractivity contribution in [2.45, 2.75) is 51.3 Å². The Morgan fingerprint density at radius 1 is 0.973 bits per heavy atom. The minimum absolute atomic E-state index is 0.0377. The largest absolute Gasteiger partial charge is 0.325 e. The molecule has 0 aliphatic carbocycles. The van der Waals surface area contributed by atoms with E-state index in [1.807, 2.05) is 71.0 Å². The Bertz CT molecular complexity index is 1260. The van der Waals surface area contributed by atoms with Crippen LogP contribution in [-0.4, -0.2) is 33.7 Å². The molecule has 0 heterocycles. The van der Waals surface area contributed by atoms with E-state index in [0.717, 1.165) is 28.8 Å². The number of nitrogens with one attached hydrogen (secondary N) is 1. The molecule has 2 N–H and O–H groups in total. The van der Waals surface area contributed by atoms with E-state index in [4.69, 9.17) is 11.6 Å². The van der Waals surface area contributed by atoms with Gasteiger partial charge in [-0.3, -0.25) is 4.79 Å². The summed E-state index contributed by atoms with van der Waals surface area (Å²) < 4.78 is 37.3. The third-order valence-electron chi connectivity index (χ3n) is 6.16. The van der Waals surface area contributed by atoms with Crippen LogP contribution >= 0.6 is 11.6 Å². The Balaban J connectivity index is 2.09. The topological polar surface area (TPSA) is 69.6 Å². The van der Waals surface area contributed by atoms with Crippen LogP contribution in [0.15, 0.2) is 54.6 Å². The van der Waals surface area contributed by atoms with Crippen LogP contribution in [0.25, 0.3) is 11.1 Å². The normalized spacial score (nSPS) is 13.3. The SMILES string of the molecule is CC(C)c1cc(-c2ccc(Cl)c(F)c2)cc(C(C)C)c1C(C(=O)Nc1ccc(CN(C)C)cc1)S(=O)O. The van der Waals surface area contributed by atoms with E-state index in [9.17, 15) is 17.9 Å². The first-order valence-electron chi connectivity index (χ1n) is 12.2. The standard InChI is InChI=1S/C29H34ClFN2O3S/c1-17(2)23-13-21(20-9-12-25(30)26(31)15-20)14-24(18(3)4)27(23)28(37(35)36)29(34)32-22-10-7-19(8-11-22)16-33(5)6/h7-15,17-18,28H,16H2,1-6H3,(H,32,34)(H,35,36). The second-order valence-electron chi connectivity index (χ2n) is 10.1. The van der Waals surface area contributed by atoms with Crippen LogP contribution in [0.5, 0.6) is 0 Å². The third kappa shape index (κ3) is 7.05. The lowest BCUT2D eigenvalue weighted by atomic mass is 9.83. The molecule has 0 fully saturated rings. The summed E-state index contributed by atoms with van der Waals surface area (Å²) in [6.45, 7) is 8.63. The monoisotopic (exact) mass is 544 g/mol. The van der Waals surface area contributed by atoms with Crippen molar-refractivity contribution in [3.63, 3.8) is 0 Å². The first kappa shape index (κ1) is 29.0. The molecule has 0 spiro atoms. The highest BCUT2D eigenvalue weighted by atomic mass is 35.5. The maximum Gasteiger partial charge on any atom is 0.247 e. The van der Waals surface area contributed by atoms with Gasteiger partial charge in [-0.15, -0.1) is 0 Å². The van der Waals surface area contributed by atoms with E-state index in [-0.39, 0.29) is 16.9 Å². The van der Waals surface area contributed by atoms with Crippen molar-refractivity contribution in [1.29, 1.82) is 0 Å². The molecular weight excluding hydrogens is 511 g/mol. The molecule has 2 unspecified atom stereocenters. The fourth-order valence-corrected chi connectivity index (χ4v) is 5.22. The lowest BCUT2D eigenvalue weighted by Gasteiger charge is -2.26. The quantitative estimate of drug-likeness (QED) is 0.276. The fourth-order valence-electron chi connectivity index (χ4n) is 4.39. The molecular formula is C29H34ClFN2O3S. The van der Waals surface area contributed by atoms with Gasteiger partial charge in [0.25, 0.3) is 0 Å². The summed E-state index contributed by atoms with van der Waals surface area (Å²) in [5.74, 6) is -1.21. The Hall–Kier alpha value is -2.58. The highest BCUT2D eigenvalue weighted by molar-refractivity contribution is 7.80. The Morgan fingerprint density at radius 2 is 1.54 bits per heavy atom. The Morgan fingerprint density at radius 3 is 2.00 bits per heavy atom. The molecule has 0 saturated heterocycles. The van der Waals surface area contributed by atoms with Crippen molar-refractivity contribution in [2.24, 2.45) is 0 Å². The van der Waals surface area contributed by atoms with Gasteiger partial charge in [0.1, 0.15) is 5.82 Å². The van der Waals surface area contributed by atoms with Crippen LogP contribution in [-0.2, 0) is 22.4 Å². The van der Waals surface area contributed by atoms with Crippen molar-refractivity contribution in [2.75, 3.05) is 19.4 Å². The summed E-state index contributed by atoms with van der Waals surface area (Å²) in [5.41, 5.74) is 5.09. The van der Waals surface area contributed by atoms with Gasteiger partial charge in [-0.05, 0) is 83.6 Å². The van der Waals surface area contributed by atoms with Crippen molar-refractivity contribution >= 4 is 34.3 Å². The lowest BCUT2D eigenvalue weighted by Crippen LogP contribution is -2.27. The van der Waals surface area contributed by atoms with Gasteiger partial charge in [0.05, 0.1) is 5.02 Å². The van der Waals surface area contributed by atoms with Crippen LogP contribution < -0.4 is 5.32 Å². The molecule has 0 bridgehead atoms. The number of halogens is 2. The summed E-state index contributed by atoms with van der Waals surface area (Å²) in [7, 11) is 3.95. The van der Waals surface area contributed by atoms with Gasteiger partial charge in [-0.1, -0.05) is 69.6 Å². The van der Waals surface area contributed by atoms with Crippen molar-refractivity contribution in [1.82, 2.24) is 4.90 Å². The molecule has 0 aliphatic rings. The number of carbonyl (C=O) groups excluding carboxylic acids is 1. The molecule has 0 aromatic heterocycles. The van der Waals surface area contributed by atoms with Crippen molar-refractivity contribution in [3.8, 4) is 11.1 Å². The van der Waals surface area contributed by atoms with E-state index in [1.54, 1.807) is 18.2 Å². The predicted octanol–water partition coefficient (Wildman–Crippen LogP) is 7.36. The third-order valence-corrected chi connectivity index (χ3v) is 7.32. The average molecular weight is 545 g/mol. The predicted molar refractivity (Wildman–Crippen MR) is 151 cm³/mol. The average Bonchev–Trinajstić information content (AvgIpc) is 2.81. The number of amides is 1. The van der Waals surface area contributed by atoms with Crippen LogP contribution in [0.4, 0.5) is 10.1 Å². The second-order valence-corrected chi connectivity index (χ2v) is 11.5. The zero-order valence-corrected chi connectivity index (χ0v) is 23.6. The summed E-state index contributed by atoms with van der Waals surface area (Å²) in [4.78, 5) is 15.5. The number of rotatable bonds is 9. The Labute approximate surface area is 226 Å². The lowest BCUT2D eigenvalue weighted by molar-refractivity contribution is -0.116. The minimum Gasteiger partial charge on any atom is -0.325 e. The molecule has 0 aliphatic heterocycles. The van der Waals surface area contributed by atoms with E-state index in [2.05, 4.69) is 5.32 Å². The molecule has 8 heteroatoms. The zero-order chi connectivity index (χ0) is 27.4. The molecule has 37 heavy (non-hydrogen) atoms. The first-order valence-corrected chi connectivity index (χ1v) is 13.7. The first-order chi connectivity index (χ1) is 17.4. The maximum absolute atomic E-state index is 14.2. The number of carbonyl (C=O) groups is 1. The minimum atomic E-state index is -2.48. The van der Waals surface area contributed by atoms with Gasteiger partial charge in [-0.2, -0.15) is 0 Å². The van der Waals surface area contributed by atoms with Gasteiger partial charge in [0, 0.05) is 12.2 Å². The van der Waals surface area contributed by atoms with E-state index >= 15 is 0 Å². The fraction of sp³-hybridized carbons (Fsp3) is 0.345. The molecule has 1 amide bonds. The highest BCUT2D eigenvalue weighted by Crippen LogP contribution is 2.39. The van der Waals surface area contributed by atoms with Gasteiger partial charge in [0.2, 0.25) is 5.91 Å². The molecule has 0 saturated carbocycles. The van der Waals surface area contributed by atoms with Gasteiger partial charge < -0.3 is 14.8 Å². The number of anilines is 1. The smallest absolute Gasteiger partial charge is 0.247 e. The summed E-state index contributed by atoms with van der Waals surface area (Å²) >= 11 is 3.40. The van der Waals surface area contributed by atoms with Crippen LogP contribution in [0.1, 0.15) is 67.0 Å². The molecule has 5 nitrogen and oxygen atoms in total. The molecule has 3 aromatic carbocycles. The van der Waals surface area contributed by atoms with Crippen LogP contribution in [0.3, 0.4) is 0 Å². The van der Waals surface area contributed by atoms with Crippen LogP contribution in [0.2, 0.25) is 5.02 Å². The van der Waals surface area contributed by atoms with Gasteiger partial charge in [0.15, 0.2) is 16.3 Å². The van der Waals surface area contributed by atoms with Crippen LogP contribution in [0, 0.1) is 5.82 Å². The zero-order valence-electron chi connectivity index (χ0n) is 22.0. The molecule has 3 rings (SSSR count). The molecule has 0 radical (unpaired) electrons. The number of nitrogens with zero attached hydrogens (tertiary/aromatic N) is 1. The molecule has 2 atom stereocenters. The summed E-state index contributed by atoms with van der Waals surface area (Å²) in [5, 5.41) is 1.56. The van der Waals surface area contributed by atoms with E-state index in [0.29, 0.717) is 16.8 Å². The summed E-state index contributed by atoms with van der Waals surface area (Å²) in [6.07, 6.45) is 0. The Kier molecular flexibility index (Phi) is 9.64. The second kappa shape index (κ2) is 12.3. The highest BCUT2D eigenvalue weighted by Gasteiger charge is 2.33. The van der Waals surface area contributed by atoms with E-state index in [1.165, 1.54) is 12.1 Å². The van der Waals surface area contributed by atoms with Crippen molar-refractivity contribution < 1.29 is 17.9 Å². The molecule has 198 valence electrons. The number of hydrogen-bond donors (Lipinski definition) is 2. The van der Waals surface area contributed by atoms with Gasteiger partial charge in [-0.25, -0.2) is 8.60 Å². The van der Waals surface area contributed by atoms with E-state index < -0.39 is 28.1 Å². The van der Waals surface area contributed by atoms with Crippen molar-refractivity contribution in [3.05, 3.63) is 87.7 Å². The van der Waals surface area contributed by atoms with Gasteiger partial charge >= 0.3 is 0 Å². The summed E-state index contributed by atoms with van der Waals surface area (Å²) in [6, 6.07) is 15.8. The number of hydrogen-bond acceptors (Lipinski definition) is 3. The molecule has 3 aromatic rings. The maximum atomic E-state index is 14.2. The number of benzene rings is 3.